The molecule has 2 aliphatic rings. The van der Waals surface area contributed by atoms with Gasteiger partial charge in [-0.3, -0.25) is 0 Å². The fraction of sp³-hybridized carbons (Fsp3) is 0.556. The number of anilines is 1. The Morgan fingerprint density at radius 2 is 1.70 bits per heavy atom. The second-order valence-electron chi connectivity index (χ2n) is 6.20. The lowest BCUT2D eigenvalue weighted by atomic mass is 9.88. The molecule has 2 heteroatoms. The molecule has 1 heterocycles. The quantitative estimate of drug-likeness (QED) is 0.685. The fourth-order valence-electron chi connectivity index (χ4n) is 3.56. The van der Waals surface area contributed by atoms with Gasteiger partial charge < -0.3 is 4.90 Å². The Morgan fingerprint density at radius 3 is 2.40 bits per heavy atom. The van der Waals surface area contributed by atoms with E-state index in [2.05, 4.69) is 61.7 Å². The van der Waals surface area contributed by atoms with E-state index in [9.17, 15) is 0 Å². The normalized spacial score (nSPS) is 24.6. The lowest BCUT2D eigenvalue weighted by Crippen LogP contribution is -2.35. The van der Waals surface area contributed by atoms with Crippen molar-refractivity contribution >= 4 is 17.4 Å². The van der Waals surface area contributed by atoms with Gasteiger partial charge in [0.2, 0.25) is 0 Å². The number of allylic oxidation sites excluding steroid dienone is 2. The highest BCUT2D eigenvalue weighted by molar-refractivity contribution is 8.04. The molecule has 0 amide bonds. The molecule has 1 saturated carbocycles. The average molecular weight is 287 g/mol. The van der Waals surface area contributed by atoms with Gasteiger partial charge in [0.15, 0.2) is 0 Å². The van der Waals surface area contributed by atoms with Crippen LogP contribution in [0.15, 0.2) is 34.9 Å². The molecule has 0 spiro atoms. The lowest BCUT2D eigenvalue weighted by molar-refractivity contribution is 0.349. The van der Waals surface area contributed by atoms with Crippen molar-refractivity contribution in [2.75, 3.05) is 4.90 Å². The first kappa shape index (κ1) is 14.1. The number of aryl methyl sites for hydroxylation is 1. The Hall–Kier alpha value is -0.890. The zero-order valence-corrected chi connectivity index (χ0v) is 13.7. The summed E-state index contributed by atoms with van der Waals surface area (Å²) in [5, 5.41) is 0.622. The number of rotatable bonds is 2. The second-order valence-corrected chi connectivity index (χ2v) is 7.54. The first-order valence-electron chi connectivity index (χ1n) is 7.87. The van der Waals surface area contributed by atoms with Gasteiger partial charge in [-0.2, -0.15) is 0 Å². The minimum absolute atomic E-state index is 0.622. The van der Waals surface area contributed by atoms with E-state index in [-0.39, 0.29) is 0 Å². The number of thioether (sulfide) groups is 1. The van der Waals surface area contributed by atoms with Crippen molar-refractivity contribution in [1.82, 2.24) is 0 Å². The van der Waals surface area contributed by atoms with E-state index in [1.165, 1.54) is 54.0 Å². The number of para-hydroxylation sites is 1. The maximum atomic E-state index is 2.62. The van der Waals surface area contributed by atoms with E-state index in [0.717, 1.165) is 5.92 Å². The Labute approximate surface area is 127 Å². The Bertz CT molecular complexity index is 514. The highest BCUT2D eigenvalue weighted by Gasteiger charge is 2.36. The summed E-state index contributed by atoms with van der Waals surface area (Å²) < 4.78 is 0. The van der Waals surface area contributed by atoms with Gasteiger partial charge in [-0.15, -0.1) is 11.8 Å². The molecule has 1 aliphatic carbocycles. The molecule has 1 aromatic rings. The Balaban J connectivity index is 1.93. The van der Waals surface area contributed by atoms with Crippen molar-refractivity contribution in [3.8, 4) is 0 Å². The van der Waals surface area contributed by atoms with Gasteiger partial charge in [0.05, 0.1) is 5.37 Å². The molecule has 1 fully saturated rings. The summed E-state index contributed by atoms with van der Waals surface area (Å²) in [5.41, 5.74) is 4.26. The molecule has 1 unspecified atom stereocenters. The summed E-state index contributed by atoms with van der Waals surface area (Å²) >= 11 is 2.10. The molecule has 0 N–H and O–H groups in total. The molecule has 0 bridgehead atoms. The largest absolute Gasteiger partial charge is 0.331 e. The molecule has 0 radical (unpaired) electrons. The van der Waals surface area contributed by atoms with Crippen LogP contribution in [0.5, 0.6) is 0 Å². The summed E-state index contributed by atoms with van der Waals surface area (Å²) in [5.74, 6) is 0.848. The summed E-state index contributed by atoms with van der Waals surface area (Å²) in [6.07, 6.45) is 7.08. The van der Waals surface area contributed by atoms with Crippen molar-refractivity contribution in [2.45, 2.75) is 58.2 Å². The Morgan fingerprint density at radius 1 is 1.00 bits per heavy atom. The molecule has 108 valence electrons. The van der Waals surface area contributed by atoms with Crippen LogP contribution in [-0.2, 0) is 0 Å². The highest BCUT2D eigenvalue weighted by Crippen LogP contribution is 2.47. The smallest absolute Gasteiger partial charge is 0.0868 e. The Kier molecular flexibility index (Phi) is 4.11. The fourth-order valence-corrected chi connectivity index (χ4v) is 5.03. The topological polar surface area (TPSA) is 3.24 Å². The van der Waals surface area contributed by atoms with Crippen molar-refractivity contribution in [3.63, 3.8) is 0 Å². The number of hydrogen-bond acceptors (Lipinski definition) is 2. The molecule has 20 heavy (non-hydrogen) atoms. The molecular formula is C18H25NS. The van der Waals surface area contributed by atoms with Crippen LogP contribution in [0.3, 0.4) is 0 Å². The minimum atomic E-state index is 0.622. The summed E-state index contributed by atoms with van der Waals surface area (Å²) in [6.45, 7) is 6.81. The number of hydrogen-bond donors (Lipinski definition) is 0. The molecule has 1 aromatic carbocycles. The second kappa shape index (κ2) is 5.85. The van der Waals surface area contributed by atoms with Crippen LogP contribution in [0.1, 0.15) is 51.5 Å². The number of benzene rings is 1. The van der Waals surface area contributed by atoms with Gasteiger partial charge in [0.1, 0.15) is 0 Å². The zero-order valence-electron chi connectivity index (χ0n) is 12.9. The van der Waals surface area contributed by atoms with Crippen molar-refractivity contribution in [1.29, 1.82) is 0 Å². The molecule has 3 rings (SSSR count). The molecule has 0 saturated heterocycles. The van der Waals surface area contributed by atoms with Crippen LogP contribution in [-0.4, -0.2) is 5.37 Å². The molecule has 1 nitrogen and oxygen atoms in total. The predicted octanol–water partition coefficient (Wildman–Crippen LogP) is 5.71. The van der Waals surface area contributed by atoms with Gasteiger partial charge in [-0.1, -0.05) is 37.5 Å². The van der Waals surface area contributed by atoms with E-state index in [0.29, 0.717) is 5.37 Å². The number of nitrogens with zero attached hydrogens (tertiary/aromatic N) is 1. The molecule has 1 aliphatic heterocycles. The van der Waals surface area contributed by atoms with E-state index in [1.54, 1.807) is 0 Å². The maximum Gasteiger partial charge on any atom is 0.0868 e. The zero-order chi connectivity index (χ0) is 14.1. The van der Waals surface area contributed by atoms with Crippen LogP contribution in [0, 0.1) is 12.8 Å². The van der Waals surface area contributed by atoms with Gasteiger partial charge in [-0.05, 0) is 51.2 Å². The predicted molar refractivity (Wildman–Crippen MR) is 90.0 cm³/mol. The molecule has 1 atom stereocenters. The molecule has 0 aromatic heterocycles. The molecular weight excluding hydrogens is 262 g/mol. The maximum absolute atomic E-state index is 2.62. The third kappa shape index (κ3) is 2.50. The van der Waals surface area contributed by atoms with E-state index in [1.807, 2.05) is 0 Å². The van der Waals surface area contributed by atoms with Crippen LogP contribution in [0.2, 0.25) is 0 Å². The highest BCUT2D eigenvalue weighted by atomic mass is 32.2. The summed E-state index contributed by atoms with van der Waals surface area (Å²) in [7, 11) is 0. The van der Waals surface area contributed by atoms with Crippen LogP contribution in [0.4, 0.5) is 5.69 Å². The summed E-state index contributed by atoms with van der Waals surface area (Å²) in [6, 6.07) is 8.84. The first-order chi connectivity index (χ1) is 9.68. The van der Waals surface area contributed by atoms with E-state index in [4.69, 9.17) is 0 Å². The third-order valence-electron chi connectivity index (χ3n) is 4.85. The van der Waals surface area contributed by atoms with Gasteiger partial charge in [0, 0.05) is 16.3 Å². The van der Waals surface area contributed by atoms with Gasteiger partial charge >= 0.3 is 0 Å². The lowest BCUT2D eigenvalue weighted by Gasteiger charge is -2.36. The summed E-state index contributed by atoms with van der Waals surface area (Å²) in [4.78, 5) is 4.12. The van der Waals surface area contributed by atoms with Gasteiger partial charge in [0.25, 0.3) is 0 Å². The van der Waals surface area contributed by atoms with E-state index >= 15 is 0 Å². The van der Waals surface area contributed by atoms with Crippen molar-refractivity contribution in [3.05, 3.63) is 40.4 Å². The third-order valence-corrected chi connectivity index (χ3v) is 6.34. The van der Waals surface area contributed by atoms with Crippen LogP contribution >= 0.6 is 11.8 Å². The van der Waals surface area contributed by atoms with Crippen LogP contribution in [0.25, 0.3) is 0 Å². The first-order valence-corrected chi connectivity index (χ1v) is 8.75. The average Bonchev–Trinajstić information content (AvgIpc) is 2.77. The standard InChI is InChI=1S/C18H25NS/c1-13-9-7-8-12-17(13)19-14(2)15(3)20-18(19)16-10-5-4-6-11-16/h7-9,12,16,18H,4-6,10-11H2,1-3H3. The van der Waals surface area contributed by atoms with Crippen molar-refractivity contribution < 1.29 is 0 Å². The monoisotopic (exact) mass is 287 g/mol. The van der Waals surface area contributed by atoms with E-state index < -0.39 is 0 Å². The van der Waals surface area contributed by atoms with Crippen molar-refractivity contribution in [2.24, 2.45) is 5.92 Å². The van der Waals surface area contributed by atoms with Gasteiger partial charge in [-0.25, -0.2) is 0 Å². The SMILES string of the molecule is CC1=C(C)N(c2ccccc2C)C(C2CCCCC2)S1. The van der Waals surface area contributed by atoms with Crippen LogP contribution < -0.4 is 4.90 Å². The minimum Gasteiger partial charge on any atom is -0.331 e.